The molecule has 0 radical (unpaired) electrons. The molecule has 4 nitrogen and oxygen atoms in total. The summed E-state index contributed by atoms with van der Waals surface area (Å²) in [5.41, 5.74) is 0.877. The number of carbonyl (C=O) groups is 2. The van der Waals surface area contributed by atoms with Crippen LogP contribution in [0.25, 0.3) is 0 Å². The predicted molar refractivity (Wildman–Crippen MR) is 76.4 cm³/mol. The Kier molecular flexibility index (Phi) is 4.83. The van der Waals surface area contributed by atoms with Crippen LogP contribution in [-0.2, 0) is 9.53 Å². The van der Waals surface area contributed by atoms with E-state index in [4.69, 9.17) is 4.74 Å². The fourth-order valence-electron chi connectivity index (χ4n) is 1.77. The third-order valence-electron chi connectivity index (χ3n) is 2.79. The molecule has 0 aliphatic carbocycles. The highest BCUT2D eigenvalue weighted by Crippen LogP contribution is 2.15. The first-order chi connectivity index (χ1) is 10.5. The van der Waals surface area contributed by atoms with Gasteiger partial charge in [0.15, 0.2) is 6.61 Å². The molecule has 0 bridgehead atoms. The molecule has 2 rings (SSSR count). The molecule has 0 heterocycles. The minimum atomic E-state index is -0.778. The molecule has 2 aromatic rings. The summed E-state index contributed by atoms with van der Waals surface area (Å²) < 4.78 is 31.1. The summed E-state index contributed by atoms with van der Waals surface area (Å²) >= 11 is 0. The van der Waals surface area contributed by atoms with Gasteiger partial charge in [0.25, 0.3) is 5.91 Å². The van der Waals surface area contributed by atoms with E-state index in [2.05, 4.69) is 5.32 Å². The van der Waals surface area contributed by atoms with E-state index >= 15 is 0 Å². The van der Waals surface area contributed by atoms with Crippen LogP contribution in [0, 0.1) is 18.6 Å². The SMILES string of the molecule is Cc1cccc(C(=O)OCC(=O)Nc2cc(F)ccc2F)c1. The molecule has 0 spiro atoms. The number of nitrogens with one attached hydrogen (secondary N) is 1. The van der Waals surface area contributed by atoms with Gasteiger partial charge < -0.3 is 10.1 Å². The Labute approximate surface area is 125 Å². The van der Waals surface area contributed by atoms with Crippen LogP contribution in [0.5, 0.6) is 0 Å². The number of benzene rings is 2. The number of esters is 1. The smallest absolute Gasteiger partial charge is 0.338 e. The molecule has 0 aliphatic heterocycles. The predicted octanol–water partition coefficient (Wildman–Crippen LogP) is 3.07. The van der Waals surface area contributed by atoms with Gasteiger partial charge in [-0.05, 0) is 31.2 Å². The van der Waals surface area contributed by atoms with Gasteiger partial charge in [0.2, 0.25) is 0 Å². The third kappa shape index (κ3) is 4.12. The fourth-order valence-corrected chi connectivity index (χ4v) is 1.77. The number of carbonyl (C=O) groups excluding carboxylic acids is 2. The highest BCUT2D eigenvalue weighted by Gasteiger charge is 2.12. The molecule has 1 N–H and O–H groups in total. The minimum Gasteiger partial charge on any atom is -0.452 e. The molecule has 22 heavy (non-hydrogen) atoms. The third-order valence-corrected chi connectivity index (χ3v) is 2.79. The summed E-state index contributed by atoms with van der Waals surface area (Å²) in [4.78, 5) is 23.3. The fraction of sp³-hybridized carbons (Fsp3) is 0.125. The lowest BCUT2D eigenvalue weighted by molar-refractivity contribution is -0.119. The van der Waals surface area contributed by atoms with E-state index in [0.717, 1.165) is 23.8 Å². The van der Waals surface area contributed by atoms with E-state index in [1.54, 1.807) is 18.2 Å². The number of amides is 1. The van der Waals surface area contributed by atoms with Crippen molar-refractivity contribution >= 4 is 17.6 Å². The maximum Gasteiger partial charge on any atom is 0.338 e. The molecule has 114 valence electrons. The molecule has 6 heteroatoms. The maximum atomic E-state index is 13.3. The lowest BCUT2D eigenvalue weighted by Crippen LogP contribution is -2.21. The molecular formula is C16H13F2NO3. The molecule has 0 saturated heterocycles. The zero-order valence-corrected chi connectivity index (χ0v) is 11.7. The monoisotopic (exact) mass is 305 g/mol. The van der Waals surface area contributed by atoms with Crippen LogP contribution in [0.1, 0.15) is 15.9 Å². The zero-order valence-electron chi connectivity index (χ0n) is 11.7. The standard InChI is InChI=1S/C16H13F2NO3/c1-10-3-2-4-11(7-10)16(21)22-9-15(20)19-14-8-12(17)5-6-13(14)18/h2-8H,9H2,1H3,(H,19,20). The summed E-state index contributed by atoms with van der Waals surface area (Å²) in [6.45, 7) is 1.22. The highest BCUT2D eigenvalue weighted by molar-refractivity contribution is 5.95. The van der Waals surface area contributed by atoms with Gasteiger partial charge >= 0.3 is 5.97 Å². The molecule has 0 aliphatic rings. The molecule has 0 atom stereocenters. The van der Waals surface area contributed by atoms with Crippen molar-refractivity contribution in [3.8, 4) is 0 Å². The van der Waals surface area contributed by atoms with Gasteiger partial charge in [-0.1, -0.05) is 17.7 Å². The van der Waals surface area contributed by atoms with E-state index in [0.29, 0.717) is 5.56 Å². The topological polar surface area (TPSA) is 55.4 Å². The summed E-state index contributed by atoms with van der Waals surface area (Å²) in [7, 11) is 0. The van der Waals surface area contributed by atoms with Crippen molar-refractivity contribution < 1.29 is 23.1 Å². The normalized spacial score (nSPS) is 10.1. The Morgan fingerprint density at radius 1 is 1.14 bits per heavy atom. The molecule has 0 fully saturated rings. The zero-order chi connectivity index (χ0) is 16.1. The first-order valence-electron chi connectivity index (χ1n) is 6.44. The Morgan fingerprint density at radius 3 is 2.64 bits per heavy atom. The van der Waals surface area contributed by atoms with Crippen molar-refractivity contribution in [2.75, 3.05) is 11.9 Å². The van der Waals surface area contributed by atoms with E-state index in [1.807, 2.05) is 13.0 Å². The highest BCUT2D eigenvalue weighted by atomic mass is 19.1. The molecule has 0 aromatic heterocycles. The number of halogens is 2. The Bertz CT molecular complexity index is 716. The van der Waals surface area contributed by atoms with E-state index < -0.39 is 30.1 Å². The average Bonchev–Trinajstić information content (AvgIpc) is 2.48. The lowest BCUT2D eigenvalue weighted by atomic mass is 10.1. The van der Waals surface area contributed by atoms with Crippen LogP contribution in [0.4, 0.5) is 14.5 Å². The summed E-state index contributed by atoms with van der Waals surface area (Å²) in [5, 5.41) is 2.14. The van der Waals surface area contributed by atoms with Crippen LogP contribution in [0.15, 0.2) is 42.5 Å². The van der Waals surface area contributed by atoms with Crippen LogP contribution < -0.4 is 5.32 Å². The van der Waals surface area contributed by atoms with Gasteiger partial charge in [0, 0.05) is 6.07 Å². The number of rotatable bonds is 4. The second-order valence-electron chi connectivity index (χ2n) is 4.62. The Morgan fingerprint density at radius 2 is 1.91 bits per heavy atom. The van der Waals surface area contributed by atoms with Gasteiger partial charge in [-0.15, -0.1) is 0 Å². The van der Waals surface area contributed by atoms with Crippen LogP contribution in [-0.4, -0.2) is 18.5 Å². The van der Waals surface area contributed by atoms with Crippen molar-refractivity contribution in [3.63, 3.8) is 0 Å². The Hall–Kier alpha value is -2.76. The number of hydrogen-bond acceptors (Lipinski definition) is 3. The van der Waals surface area contributed by atoms with Gasteiger partial charge in [-0.2, -0.15) is 0 Å². The van der Waals surface area contributed by atoms with E-state index in [1.165, 1.54) is 0 Å². The summed E-state index contributed by atoms with van der Waals surface area (Å²) in [6.07, 6.45) is 0. The summed E-state index contributed by atoms with van der Waals surface area (Å²) in [5.74, 6) is -2.89. The molecule has 0 saturated carbocycles. The quantitative estimate of drug-likeness (QED) is 0.883. The van der Waals surface area contributed by atoms with E-state index in [9.17, 15) is 18.4 Å². The number of anilines is 1. The van der Waals surface area contributed by atoms with Crippen LogP contribution >= 0.6 is 0 Å². The second-order valence-corrected chi connectivity index (χ2v) is 4.62. The Balaban J connectivity index is 1.93. The molecule has 2 aromatic carbocycles. The van der Waals surface area contributed by atoms with Crippen LogP contribution in [0.2, 0.25) is 0 Å². The second kappa shape index (κ2) is 6.80. The first-order valence-corrected chi connectivity index (χ1v) is 6.44. The molecule has 1 amide bonds. The average molecular weight is 305 g/mol. The molecular weight excluding hydrogens is 292 g/mol. The summed E-state index contributed by atoms with van der Waals surface area (Å²) in [6, 6.07) is 9.35. The lowest BCUT2D eigenvalue weighted by Gasteiger charge is -2.08. The van der Waals surface area contributed by atoms with Gasteiger partial charge in [0.05, 0.1) is 11.3 Å². The van der Waals surface area contributed by atoms with Crippen LogP contribution in [0.3, 0.4) is 0 Å². The van der Waals surface area contributed by atoms with Gasteiger partial charge in [0.1, 0.15) is 11.6 Å². The van der Waals surface area contributed by atoms with Gasteiger partial charge in [-0.25, -0.2) is 13.6 Å². The molecule has 0 unspecified atom stereocenters. The van der Waals surface area contributed by atoms with E-state index in [-0.39, 0.29) is 5.69 Å². The van der Waals surface area contributed by atoms with Crippen molar-refractivity contribution in [2.45, 2.75) is 6.92 Å². The number of hydrogen-bond donors (Lipinski definition) is 1. The maximum absolute atomic E-state index is 13.3. The number of aryl methyl sites for hydroxylation is 1. The van der Waals surface area contributed by atoms with Gasteiger partial charge in [-0.3, -0.25) is 4.79 Å². The largest absolute Gasteiger partial charge is 0.452 e. The number of ether oxygens (including phenoxy) is 1. The van der Waals surface area contributed by atoms with Crippen molar-refractivity contribution in [1.82, 2.24) is 0 Å². The first kappa shape index (κ1) is 15.6. The van der Waals surface area contributed by atoms with Crippen molar-refractivity contribution in [3.05, 3.63) is 65.2 Å². The van der Waals surface area contributed by atoms with Crippen molar-refractivity contribution in [2.24, 2.45) is 0 Å². The minimum absolute atomic E-state index is 0.309. The van der Waals surface area contributed by atoms with Crippen molar-refractivity contribution in [1.29, 1.82) is 0 Å².